The quantitative estimate of drug-likeness (QED) is 0.437. The Kier molecular flexibility index (Phi) is 5.08. The van der Waals surface area contributed by atoms with Crippen molar-refractivity contribution in [2.75, 3.05) is 32.2 Å². The minimum Gasteiger partial charge on any atom is -0.385 e. The molecular formula is C12H15N3O3. The van der Waals surface area contributed by atoms with Gasteiger partial charge in [0.15, 0.2) is 0 Å². The zero-order valence-electron chi connectivity index (χ0n) is 10.4. The second kappa shape index (κ2) is 6.57. The first-order valence-electron chi connectivity index (χ1n) is 5.48. The van der Waals surface area contributed by atoms with Gasteiger partial charge in [-0.15, -0.1) is 0 Å². The van der Waals surface area contributed by atoms with Crippen molar-refractivity contribution in [3.8, 4) is 6.07 Å². The fraction of sp³-hybridized carbons (Fsp3) is 0.417. The third-order valence-corrected chi connectivity index (χ3v) is 2.58. The molecule has 0 atom stereocenters. The summed E-state index contributed by atoms with van der Waals surface area (Å²) >= 11 is 0. The summed E-state index contributed by atoms with van der Waals surface area (Å²) in [6.07, 6.45) is 0.834. The Labute approximate surface area is 106 Å². The predicted molar refractivity (Wildman–Crippen MR) is 67.6 cm³/mol. The van der Waals surface area contributed by atoms with E-state index in [0.29, 0.717) is 6.61 Å². The van der Waals surface area contributed by atoms with Crippen LogP contribution in [0.1, 0.15) is 12.0 Å². The van der Waals surface area contributed by atoms with Gasteiger partial charge in [0.1, 0.15) is 11.6 Å². The Morgan fingerprint density at radius 2 is 2.28 bits per heavy atom. The zero-order valence-corrected chi connectivity index (χ0v) is 10.4. The predicted octanol–water partition coefficient (Wildman–Crippen LogP) is 1.94. The number of nitrogens with zero attached hydrogens (tertiary/aromatic N) is 3. The Hall–Kier alpha value is -2.13. The van der Waals surface area contributed by atoms with Crippen LogP contribution in [-0.4, -0.2) is 32.2 Å². The van der Waals surface area contributed by atoms with Crippen LogP contribution in [-0.2, 0) is 4.74 Å². The largest absolute Gasteiger partial charge is 0.385 e. The summed E-state index contributed by atoms with van der Waals surface area (Å²) in [6.45, 7) is 1.37. The van der Waals surface area contributed by atoms with E-state index in [0.717, 1.165) is 18.7 Å². The molecule has 0 aliphatic rings. The summed E-state index contributed by atoms with van der Waals surface area (Å²) in [6, 6.07) is 6.42. The van der Waals surface area contributed by atoms with Crippen LogP contribution in [0.2, 0.25) is 0 Å². The Morgan fingerprint density at radius 1 is 1.56 bits per heavy atom. The first kappa shape index (κ1) is 13.9. The summed E-state index contributed by atoms with van der Waals surface area (Å²) in [5, 5.41) is 19.6. The van der Waals surface area contributed by atoms with Crippen LogP contribution in [0.5, 0.6) is 0 Å². The second-order valence-electron chi connectivity index (χ2n) is 3.84. The molecule has 0 fully saturated rings. The molecule has 0 amide bonds. The molecule has 0 heterocycles. The topological polar surface area (TPSA) is 79.4 Å². The number of methoxy groups -OCH3 is 1. The number of benzene rings is 1. The van der Waals surface area contributed by atoms with Crippen molar-refractivity contribution in [1.82, 2.24) is 0 Å². The van der Waals surface area contributed by atoms with Gasteiger partial charge in [-0.1, -0.05) is 0 Å². The van der Waals surface area contributed by atoms with Gasteiger partial charge in [0, 0.05) is 39.1 Å². The Balaban J connectivity index is 2.88. The highest BCUT2D eigenvalue weighted by molar-refractivity contribution is 5.59. The van der Waals surface area contributed by atoms with E-state index < -0.39 is 4.92 Å². The molecule has 1 aromatic carbocycles. The van der Waals surface area contributed by atoms with E-state index in [4.69, 9.17) is 10.00 Å². The Bertz CT molecular complexity index is 468. The fourth-order valence-electron chi connectivity index (χ4n) is 1.58. The summed E-state index contributed by atoms with van der Waals surface area (Å²) in [5.41, 5.74) is 0.638. The van der Waals surface area contributed by atoms with Crippen LogP contribution < -0.4 is 4.90 Å². The van der Waals surface area contributed by atoms with E-state index in [9.17, 15) is 10.1 Å². The molecule has 1 aromatic rings. The van der Waals surface area contributed by atoms with Crippen LogP contribution in [0.15, 0.2) is 18.2 Å². The molecule has 0 spiro atoms. The fourth-order valence-corrected chi connectivity index (χ4v) is 1.58. The van der Waals surface area contributed by atoms with Crippen molar-refractivity contribution in [2.45, 2.75) is 6.42 Å². The number of hydrogen-bond acceptors (Lipinski definition) is 5. The molecule has 0 saturated heterocycles. The number of ether oxygens (including phenoxy) is 1. The molecule has 6 heteroatoms. The smallest absolute Gasteiger partial charge is 0.289 e. The van der Waals surface area contributed by atoms with E-state index >= 15 is 0 Å². The third kappa shape index (κ3) is 3.43. The maximum Gasteiger partial charge on any atom is 0.289 e. The van der Waals surface area contributed by atoms with Crippen LogP contribution in [0, 0.1) is 21.4 Å². The van der Waals surface area contributed by atoms with Gasteiger partial charge in [0.25, 0.3) is 5.69 Å². The van der Waals surface area contributed by atoms with Crippen LogP contribution in [0.4, 0.5) is 11.4 Å². The zero-order chi connectivity index (χ0) is 13.5. The summed E-state index contributed by atoms with van der Waals surface area (Å²) in [4.78, 5) is 12.2. The lowest BCUT2D eigenvalue weighted by Gasteiger charge is -2.18. The molecule has 0 aliphatic heterocycles. The van der Waals surface area contributed by atoms with Crippen molar-refractivity contribution in [3.05, 3.63) is 33.9 Å². The van der Waals surface area contributed by atoms with Gasteiger partial charge in [0.2, 0.25) is 0 Å². The number of nitro groups is 1. The minimum atomic E-state index is -0.537. The highest BCUT2D eigenvalue weighted by atomic mass is 16.6. The average Bonchev–Trinajstić information content (AvgIpc) is 2.38. The molecule has 0 radical (unpaired) electrons. The van der Waals surface area contributed by atoms with Crippen molar-refractivity contribution in [2.24, 2.45) is 0 Å². The first-order valence-corrected chi connectivity index (χ1v) is 5.48. The van der Waals surface area contributed by atoms with E-state index in [-0.39, 0.29) is 11.3 Å². The molecule has 0 N–H and O–H groups in total. The van der Waals surface area contributed by atoms with Crippen LogP contribution in [0.25, 0.3) is 0 Å². The van der Waals surface area contributed by atoms with E-state index in [2.05, 4.69) is 0 Å². The number of nitriles is 1. The standard InChI is InChI=1S/C12H15N3O3/c1-14(6-3-7-18-2)11-5-4-10(9-13)12(8-11)15(16)17/h4-5,8H,3,6-7H2,1-2H3. The van der Waals surface area contributed by atoms with E-state index in [1.54, 1.807) is 13.2 Å². The normalized spacial score (nSPS) is 9.83. The van der Waals surface area contributed by atoms with Crippen LogP contribution in [0.3, 0.4) is 0 Å². The minimum absolute atomic E-state index is 0.0778. The molecule has 0 aliphatic carbocycles. The number of anilines is 1. The lowest BCUT2D eigenvalue weighted by atomic mass is 10.1. The Morgan fingerprint density at radius 3 is 2.83 bits per heavy atom. The van der Waals surface area contributed by atoms with Crippen molar-refractivity contribution in [3.63, 3.8) is 0 Å². The lowest BCUT2D eigenvalue weighted by Crippen LogP contribution is -2.19. The molecule has 96 valence electrons. The summed E-state index contributed by atoms with van der Waals surface area (Å²) < 4.78 is 4.95. The van der Waals surface area contributed by atoms with Gasteiger partial charge < -0.3 is 9.64 Å². The molecule has 18 heavy (non-hydrogen) atoms. The van der Waals surface area contributed by atoms with Gasteiger partial charge in [-0.2, -0.15) is 5.26 Å². The number of hydrogen-bond donors (Lipinski definition) is 0. The SMILES string of the molecule is COCCCN(C)c1ccc(C#N)c([N+](=O)[O-])c1. The van der Waals surface area contributed by atoms with E-state index in [1.807, 2.05) is 18.0 Å². The van der Waals surface area contributed by atoms with Gasteiger partial charge in [0.05, 0.1) is 4.92 Å². The molecule has 0 unspecified atom stereocenters. The number of nitro benzene ring substituents is 1. The third-order valence-electron chi connectivity index (χ3n) is 2.58. The maximum atomic E-state index is 10.8. The monoisotopic (exact) mass is 249 g/mol. The maximum absolute atomic E-state index is 10.8. The van der Waals surface area contributed by atoms with Crippen LogP contribution >= 0.6 is 0 Å². The molecule has 0 bridgehead atoms. The second-order valence-corrected chi connectivity index (χ2v) is 3.84. The van der Waals surface area contributed by atoms with Gasteiger partial charge in [-0.05, 0) is 18.6 Å². The molecule has 6 nitrogen and oxygen atoms in total. The van der Waals surface area contributed by atoms with Gasteiger partial charge >= 0.3 is 0 Å². The molecule has 0 saturated carbocycles. The average molecular weight is 249 g/mol. The van der Waals surface area contributed by atoms with Crippen molar-refractivity contribution in [1.29, 1.82) is 5.26 Å². The summed E-state index contributed by atoms with van der Waals surface area (Å²) in [5.74, 6) is 0. The molecular weight excluding hydrogens is 234 g/mol. The van der Waals surface area contributed by atoms with Gasteiger partial charge in [-0.25, -0.2) is 0 Å². The highest BCUT2D eigenvalue weighted by Gasteiger charge is 2.15. The number of rotatable bonds is 6. The molecule has 1 rings (SSSR count). The van der Waals surface area contributed by atoms with Crippen molar-refractivity contribution >= 4 is 11.4 Å². The van der Waals surface area contributed by atoms with Crippen molar-refractivity contribution < 1.29 is 9.66 Å². The van der Waals surface area contributed by atoms with Gasteiger partial charge in [-0.3, -0.25) is 10.1 Å². The summed E-state index contributed by atoms with van der Waals surface area (Å²) in [7, 11) is 3.48. The first-order chi connectivity index (χ1) is 8.60. The lowest BCUT2D eigenvalue weighted by molar-refractivity contribution is -0.385. The highest BCUT2D eigenvalue weighted by Crippen LogP contribution is 2.24. The van der Waals surface area contributed by atoms with E-state index in [1.165, 1.54) is 12.1 Å². The molecule has 0 aromatic heterocycles.